The zero-order valence-corrected chi connectivity index (χ0v) is 10.6. The predicted octanol–water partition coefficient (Wildman–Crippen LogP) is 2.74. The fourth-order valence-electron chi connectivity index (χ4n) is 2.23. The molecule has 0 atom stereocenters. The van der Waals surface area contributed by atoms with Crippen molar-refractivity contribution in [1.82, 2.24) is 4.90 Å². The molecule has 1 aromatic carbocycles. The van der Waals surface area contributed by atoms with Crippen molar-refractivity contribution >= 4 is 5.69 Å². The Kier molecular flexibility index (Phi) is 3.49. The molecule has 0 amide bonds. The summed E-state index contributed by atoms with van der Waals surface area (Å²) in [5.74, 6) is 0.696. The summed E-state index contributed by atoms with van der Waals surface area (Å²) in [6, 6.07) is 6.64. The van der Waals surface area contributed by atoms with Gasteiger partial charge in [-0.1, -0.05) is 26.0 Å². The molecule has 0 saturated heterocycles. The van der Waals surface area contributed by atoms with Crippen LogP contribution in [0.25, 0.3) is 0 Å². The van der Waals surface area contributed by atoms with Crippen molar-refractivity contribution in [3.8, 4) is 0 Å². The summed E-state index contributed by atoms with van der Waals surface area (Å²) in [5, 5.41) is 3.57. The van der Waals surface area contributed by atoms with Gasteiger partial charge in [-0.15, -0.1) is 0 Å². The molecule has 88 valence electrons. The van der Waals surface area contributed by atoms with Gasteiger partial charge in [-0.05, 0) is 36.6 Å². The lowest BCUT2D eigenvalue weighted by atomic mass is 9.98. The number of fused-ring (bicyclic) bond motifs is 1. The van der Waals surface area contributed by atoms with Crippen LogP contribution in [0.5, 0.6) is 0 Å². The molecule has 1 aromatic rings. The fourth-order valence-corrected chi connectivity index (χ4v) is 2.23. The molecule has 1 heterocycles. The van der Waals surface area contributed by atoms with Crippen LogP contribution in [0.4, 0.5) is 5.69 Å². The van der Waals surface area contributed by atoms with Crippen LogP contribution in [0.3, 0.4) is 0 Å². The van der Waals surface area contributed by atoms with Crippen LogP contribution >= 0.6 is 0 Å². The van der Waals surface area contributed by atoms with Crippen molar-refractivity contribution in [1.29, 1.82) is 0 Å². The smallest absolute Gasteiger partial charge is 0.0376 e. The van der Waals surface area contributed by atoms with Gasteiger partial charge < -0.3 is 10.2 Å². The zero-order valence-electron chi connectivity index (χ0n) is 10.6. The highest BCUT2D eigenvalue weighted by atomic mass is 15.1. The van der Waals surface area contributed by atoms with E-state index < -0.39 is 0 Å². The number of benzene rings is 1. The van der Waals surface area contributed by atoms with Crippen LogP contribution in [0.2, 0.25) is 0 Å². The third-order valence-corrected chi connectivity index (χ3v) is 3.16. The Morgan fingerprint density at radius 1 is 1.38 bits per heavy atom. The van der Waals surface area contributed by atoms with Crippen molar-refractivity contribution in [3.05, 3.63) is 29.3 Å². The van der Waals surface area contributed by atoms with Crippen molar-refractivity contribution in [2.75, 3.05) is 25.5 Å². The molecule has 0 saturated carbocycles. The van der Waals surface area contributed by atoms with Gasteiger partial charge in [0, 0.05) is 25.3 Å². The summed E-state index contributed by atoms with van der Waals surface area (Å²) >= 11 is 0. The molecule has 2 rings (SSSR count). The third kappa shape index (κ3) is 2.56. The minimum absolute atomic E-state index is 0.696. The highest BCUT2D eigenvalue weighted by Gasteiger charge is 2.15. The normalized spacial score (nSPS) is 16.2. The maximum absolute atomic E-state index is 3.57. The Morgan fingerprint density at radius 2 is 2.19 bits per heavy atom. The van der Waals surface area contributed by atoms with Crippen LogP contribution in [0, 0.1) is 5.92 Å². The van der Waals surface area contributed by atoms with Crippen molar-refractivity contribution < 1.29 is 0 Å². The highest BCUT2D eigenvalue weighted by molar-refractivity contribution is 5.55. The molecule has 2 heteroatoms. The van der Waals surface area contributed by atoms with E-state index in [1.165, 1.54) is 29.8 Å². The van der Waals surface area contributed by atoms with Gasteiger partial charge in [-0.25, -0.2) is 0 Å². The van der Waals surface area contributed by atoms with E-state index in [2.05, 4.69) is 49.3 Å². The summed E-state index contributed by atoms with van der Waals surface area (Å²) in [6.45, 7) is 7.82. The first-order valence-corrected chi connectivity index (χ1v) is 6.20. The lowest BCUT2D eigenvalue weighted by Gasteiger charge is -2.27. The van der Waals surface area contributed by atoms with Gasteiger partial charge in [0.25, 0.3) is 0 Å². The van der Waals surface area contributed by atoms with Gasteiger partial charge in [-0.3, -0.25) is 0 Å². The van der Waals surface area contributed by atoms with Gasteiger partial charge >= 0.3 is 0 Å². The first kappa shape index (κ1) is 11.5. The van der Waals surface area contributed by atoms with E-state index in [0.717, 1.165) is 13.1 Å². The molecular weight excluding hydrogens is 196 g/mol. The molecule has 1 aliphatic heterocycles. The number of nitrogens with zero attached hydrogens (tertiary/aromatic N) is 1. The standard InChI is InChI=1S/C14H22N2/c1-11(2)9-15-14-6-4-5-12-10-16(3)8-7-13(12)14/h4-6,11,15H,7-10H2,1-3H3. The van der Waals surface area contributed by atoms with E-state index in [4.69, 9.17) is 0 Å². The molecule has 0 aliphatic carbocycles. The van der Waals surface area contributed by atoms with Crippen molar-refractivity contribution in [2.45, 2.75) is 26.8 Å². The van der Waals surface area contributed by atoms with Crippen LogP contribution in [0.15, 0.2) is 18.2 Å². The van der Waals surface area contributed by atoms with E-state index in [9.17, 15) is 0 Å². The van der Waals surface area contributed by atoms with Gasteiger partial charge in [-0.2, -0.15) is 0 Å². The van der Waals surface area contributed by atoms with Crippen molar-refractivity contribution in [2.24, 2.45) is 5.92 Å². The quantitative estimate of drug-likeness (QED) is 0.839. The van der Waals surface area contributed by atoms with Gasteiger partial charge in [0.1, 0.15) is 0 Å². The molecule has 1 N–H and O–H groups in total. The van der Waals surface area contributed by atoms with Crippen LogP contribution < -0.4 is 5.32 Å². The second kappa shape index (κ2) is 4.88. The van der Waals surface area contributed by atoms with E-state index in [0.29, 0.717) is 5.92 Å². The maximum atomic E-state index is 3.57. The minimum Gasteiger partial charge on any atom is -0.385 e. The molecule has 0 unspecified atom stereocenters. The Morgan fingerprint density at radius 3 is 2.94 bits per heavy atom. The Labute approximate surface area is 98.7 Å². The molecule has 0 aromatic heterocycles. The average molecular weight is 218 g/mol. The van der Waals surface area contributed by atoms with Crippen LogP contribution in [-0.2, 0) is 13.0 Å². The number of nitrogens with one attached hydrogen (secondary N) is 1. The summed E-state index contributed by atoms with van der Waals surface area (Å²) in [5.41, 5.74) is 4.36. The second-order valence-electron chi connectivity index (χ2n) is 5.21. The van der Waals surface area contributed by atoms with Gasteiger partial charge in [0.2, 0.25) is 0 Å². The maximum Gasteiger partial charge on any atom is 0.0376 e. The number of anilines is 1. The predicted molar refractivity (Wildman–Crippen MR) is 69.8 cm³/mol. The average Bonchev–Trinajstić information content (AvgIpc) is 2.25. The summed E-state index contributed by atoms with van der Waals surface area (Å²) in [6.07, 6.45) is 1.17. The number of hydrogen-bond acceptors (Lipinski definition) is 2. The van der Waals surface area contributed by atoms with Crippen LogP contribution in [-0.4, -0.2) is 25.0 Å². The molecule has 1 aliphatic rings. The fraction of sp³-hybridized carbons (Fsp3) is 0.571. The number of hydrogen-bond donors (Lipinski definition) is 1. The monoisotopic (exact) mass is 218 g/mol. The van der Waals surface area contributed by atoms with Gasteiger partial charge in [0.15, 0.2) is 0 Å². The SMILES string of the molecule is CC(C)CNc1cccc2c1CCN(C)C2. The molecule has 2 nitrogen and oxygen atoms in total. The summed E-state index contributed by atoms with van der Waals surface area (Å²) in [7, 11) is 2.19. The van der Waals surface area contributed by atoms with Crippen molar-refractivity contribution in [3.63, 3.8) is 0 Å². The Balaban J connectivity index is 2.16. The minimum atomic E-state index is 0.696. The first-order chi connectivity index (χ1) is 7.66. The second-order valence-corrected chi connectivity index (χ2v) is 5.21. The first-order valence-electron chi connectivity index (χ1n) is 6.20. The Hall–Kier alpha value is -1.02. The molecule has 0 spiro atoms. The molecule has 0 fully saturated rings. The van der Waals surface area contributed by atoms with E-state index >= 15 is 0 Å². The number of rotatable bonds is 3. The molecule has 16 heavy (non-hydrogen) atoms. The molecular formula is C14H22N2. The topological polar surface area (TPSA) is 15.3 Å². The van der Waals surface area contributed by atoms with E-state index in [1.54, 1.807) is 0 Å². The van der Waals surface area contributed by atoms with Crippen LogP contribution in [0.1, 0.15) is 25.0 Å². The molecule has 0 radical (unpaired) electrons. The molecule has 0 bridgehead atoms. The summed E-state index contributed by atoms with van der Waals surface area (Å²) < 4.78 is 0. The zero-order chi connectivity index (χ0) is 11.5. The largest absolute Gasteiger partial charge is 0.385 e. The number of likely N-dealkylation sites (N-methyl/N-ethyl adjacent to an activating group) is 1. The lowest BCUT2D eigenvalue weighted by Crippen LogP contribution is -2.27. The Bertz CT molecular complexity index is 358. The van der Waals surface area contributed by atoms with E-state index in [1.807, 2.05) is 0 Å². The third-order valence-electron chi connectivity index (χ3n) is 3.16. The summed E-state index contributed by atoms with van der Waals surface area (Å²) in [4.78, 5) is 2.38. The van der Waals surface area contributed by atoms with Gasteiger partial charge in [0.05, 0.1) is 0 Å². The van der Waals surface area contributed by atoms with E-state index in [-0.39, 0.29) is 0 Å². The lowest BCUT2D eigenvalue weighted by molar-refractivity contribution is 0.313. The highest BCUT2D eigenvalue weighted by Crippen LogP contribution is 2.25.